The van der Waals surface area contributed by atoms with Crippen LogP contribution in [-0.4, -0.2) is 48.4 Å². The van der Waals surface area contributed by atoms with Crippen LogP contribution in [-0.2, 0) is 4.74 Å². The number of hydrogen-bond donors (Lipinski definition) is 1. The molecule has 5 heteroatoms. The summed E-state index contributed by atoms with van der Waals surface area (Å²) in [4.78, 5) is 11.2. The van der Waals surface area contributed by atoms with Gasteiger partial charge in [0.1, 0.15) is 0 Å². The number of rotatable bonds is 1. The molecule has 3 rings (SSSR count). The number of hydrogen-bond acceptors (Lipinski definition) is 5. The molecule has 0 amide bonds. The Morgan fingerprint density at radius 1 is 1.39 bits per heavy atom. The highest BCUT2D eigenvalue weighted by atomic mass is 16.5. The summed E-state index contributed by atoms with van der Waals surface area (Å²) in [6.45, 7) is 6.67. The molecule has 1 aromatic heterocycles. The van der Waals surface area contributed by atoms with E-state index in [-0.39, 0.29) is 5.60 Å². The van der Waals surface area contributed by atoms with E-state index in [0.717, 1.165) is 57.3 Å². The van der Waals surface area contributed by atoms with Crippen LogP contribution in [0.15, 0.2) is 12.3 Å². The van der Waals surface area contributed by atoms with Gasteiger partial charge in [0.25, 0.3) is 0 Å². The summed E-state index contributed by atoms with van der Waals surface area (Å²) in [6.07, 6.45) is 3.99. The molecule has 0 saturated carbocycles. The van der Waals surface area contributed by atoms with E-state index in [1.165, 1.54) is 0 Å². The van der Waals surface area contributed by atoms with Crippen LogP contribution < -0.4 is 10.2 Å². The molecule has 3 heterocycles. The number of piperidine rings is 1. The molecule has 1 aromatic rings. The molecule has 1 N–H and O–H groups in total. The summed E-state index contributed by atoms with van der Waals surface area (Å²) in [5.41, 5.74) is 1.03. The maximum atomic E-state index is 6.05. The van der Waals surface area contributed by atoms with Crippen LogP contribution in [0.5, 0.6) is 0 Å². The number of nitrogens with one attached hydrogen (secondary N) is 1. The number of ether oxygens (including phenoxy) is 1. The minimum Gasteiger partial charge on any atom is -0.371 e. The van der Waals surface area contributed by atoms with Gasteiger partial charge in [0.2, 0.25) is 5.95 Å². The zero-order valence-electron chi connectivity index (χ0n) is 10.9. The van der Waals surface area contributed by atoms with E-state index in [1.54, 1.807) is 0 Å². The van der Waals surface area contributed by atoms with Crippen LogP contribution >= 0.6 is 0 Å². The van der Waals surface area contributed by atoms with E-state index in [4.69, 9.17) is 4.74 Å². The predicted octanol–water partition coefficient (Wildman–Crippen LogP) is 0.744. The van der Waals surface area contributed by atoms with E-state index < -0.39 is 0 Å². The number of aryl methyl sites for hydroxylation is 1. The van der Waals surface area contributed by atoms with E-state index in [9.17, 15) is 0 Å². The van der Waals surface area contributed by atoms with Crippen molar-refractivity contribution in [2.75, 3.05) is 37.7 Å². The highest BCUT2D eigenvalue weighted by Crippen LogP contribution is 2.28. The van der Waals surface area contributed by atoms with Gasteiger partial charge in [-0.05, 0) is 38.9 Å². The minimum absolute atomic E-state index is 0.0105. The second-order valence-corrected chi connectivity index (χ2v) is 5.20. The zero-order chi connectivity index (χ0) is 12.4. The Bertz CT molecular complexity index is 412. The molecule has 0 aromatic carbocycles. The van der Waals surface area contributed by atoms with Crippen molar-refractivity contribution in [2.45, 2.75) is 25.4 Å². The lowest BCUT2D eigenvalue weighted by atomic mass is 9.90. The Kier molecular flexibility index (Phi) is 3.18. The monoisotopic (exact) mass is 248 g/mol. The second kappa shape index (κ2) is 4.82. The molecule has 5 nitrogen and oxygen atoms in total. The van der Waals surface area contributed by atoms with Gasteiger partial charge in [0.15, 0.2) is 0 Å². The van der Waals surface area contributed by atoms with Crippen LogP contribution in [0.4, 0.5) is 5.95 Å². The van der Waals surface area contributed by atoms with Gasteiger partial charge in [-0.15, -0.1) is 0 Å². The van der Waals surface area contributed by atoms with Crippen molar-refractivity contribution in [3.05, 3.63) is 18.0 Å². The fourth-order valence-corrected chi connectivity index (χ4v) is 2.79. The average Bonchev–Trinajstić information content (AvgIpc) is 2.40. The van der Waals surface area contributed by atoms with Crippen molar-refractivity contribution in [1.29, 1.82) is 0 Å². The third-order valence-corrected chi connectivity index (χ3v) is 3.83. The zero-order valence-corrected chi connectivity index (χ0v) is 10.9. The predicted molar refractivity (Wildman–Crippen MR) is 69.8 cm³/mol. The largest absolute Gasteiger partial charge is 0.371 e. The average molecular weight is 248 g/mol. The molecular formula is C13H20N4O. The quantitative estimate of drug-likeness (QED) is 0.794. The molecule has 2 aliphatic heterocycles. The smallest absolute Gasteiger partial charge is 0.225 e. The van der Waals surface area contributed by atoms with Gasteiger partial charge in [0.05, 0.1) is 18.8 Å². The van der Waals surface area contributed by atoms with Crippen LogP contribution in [0.1, 0.15) is 18.5 Å². The first-order valence-corrected chi connectivity index (χ1v) is 6.67. The normalized spacial score (nSPS) is 23.3. The van der Waals surface area contributed by atoms with E-state index in [0.29, 0.717) is 0 Å². The Hall–Kier alpha value is -1.20. The van der Waals surface area contributed by atoms with Crippen molar-refractivity contribution >= 4 is 5.95 Å². The Morgan fingerprint density at radius 3 is 3.00 bits per heavy atom. The maximum Gasteiger partial charge on any atom is 0.225 e. The molecule has 0 bridgehead atoms. The summed E-state index contributed by atoms with van der Waals surface area (Å²) >= 11 is 0. The molecule has 2 fully saturated rings. The van der Waals surface area contributed by atoms with Gasteiger partial charge in [-0.3, -0.25) is 0 Å². The Morgan fingerprint density at radius 2 is 2.22 bits per heavy atom. The number of nitrogens with zero attached hydrogens (tertiary/aromatic N) is 3. The van der Waals surface area contributed by atoms with Crippen LogP contribution in [0.25, 0.3) is 0 Å². The summed E-state index contributed by atoms with van der Waals surface area (Å²) in [6, 6.07) is 1.93. The third kappa shape index (κ3) is 2.33. The Balaban J connectivity index is 1.77. The molecule has 2 saturated heterocycles. The van der Waals surface area contributed by atoms with E-state index >= 15 is 0 Å². The molecule has 0 aliphatic carbocycles. The Labute approximate surface area is 108 Å². The van der Waals surface area contributed by atoms with Gasteiger partial charge in [-0.25, -0.2) is 9.97 Å². The van der Waals surface area contributed by atoms with E-state index in [2.05, 4.69) is 20.2 Å². The molecule has 18 heavy (non-hydrogen) atoms. The second-order valence-electron chi connectivity index (χ2n) is 5.20. The van der Waals surface area contributed by atoms with E-state index in [1.807, 2.05) is 19.2 Å². The van der Waals surface area contributed by atoms with Crippen molar-refractivity contribution in [3.63, 3.8) is 0 Å². The minimum atomic E-state index is 0.0105. The highest BCUT2D eigenvalue weighted by molar-refractivity contribution is 5.32. The maximum absolute atomic E-state index is 6.05. The fourth-order valence-electron chi connectivity index (χ4n) is 2.79. The standard InChI is InChI=1S/C13H20N4O/c1-11-2-5-15-12(16-11)17-8-9-18-13(10-17)3-6-14-7-4-13/h2,5,14H,3-4,6-10H2,1H3. The van der Waals surface area contributed by atoms with Crippen molar-refractivity contribution in [1.82, 2.24) is 15.3 Å². The lowest BCUT2D eigenvalue weighted by Crippen LogP contribution is -2.56. The van der Waals surface area contributed by atoms with Gasteiger partial charge in [-0.1, -0.05) is 0 Å². The topological polar surface area (TPSA) is 50.3 Å². The fraction of sp³-hybridized carbons (Fsp3) is 0.692. The van der Waals surface area contributed by atoms with Gasteiger partial charge >= 0.3 is 0 Å². The summed E-state index contributed by atoms with van der Waals surface area (Å²) in [5.74, 6) is 0.844. The van der Waals surface area contributed by atoms with Gasteiger partial charge in [-0.2, -0.15) is 0 Å². The summed E-state index contributed by atoms with van der Waals surface area (Å²) in [7, 11) is 0. The van der Waals surface area contributed by atoms with Gasteiger partial charge in [0, 0.05) is 18.4 Å². The molecule has 2 aliphatic rings. The van der Waals surface area contributed by atoms with Crippen molar-refractivity contribution < 1.29 is 4.74 Å². The molecule has 0 atom stereocenters. The first-order chi connectivity index (χ1) is 8.77. The highest BCUT2D eigenvalue weighted by Gasteiger charge is 2.38. The molecular weight excluding hydrogens is 228 g/mol. The first-order valence-electron chi connectivity index (χ1n) is 6.67. The molecule has 98 valence electrons. The first kappa shape index (κ1) is 11.9. The summed E-state index contributed by atoms with van der Waals surface area (Å²) in [5, 5.41) is 3.39. The van der Waals surface area contributed by atoms with Crippen molar-refractivity contribution in [2.24, 2.45) is 0 Å². The number of aromatic nitrogens is 2. The lowest BCUT2D eigenvalue weighted by Gasteiger charge is -2.45. The SMILES string of the molecule is Cc1ccnc(N2CCOC3(CCNCC3)C2)n1. The van der Waals surface area contributed by atoms with Crippen LogP contribution in [0.3, 0.4) is 0 Å². The lowest BCUT2D eigenvalue weighted by molar-refractivity contribution is -0.0742. The number of morpholine rings is 1. The number of anilines is 1. The molecule has 0 radical (unpaired) electrons. The van der Waals surface area contributed by atoms with Crippen LogP contribution in [0, 0.1) is 6.92 Å². The molecule has 1 spiro atoms. The van der Waals surface area contributed by atoms with Gasteiger partial charge < -0.3 is 15.0 Å². The third-order valence-electron chi connectivity index (χ3n) is 3.83. The van der Waals surface area contributed by atoms with Crippen LogP contribution in [0.2, 0.25) is 0 Å². The summed E-state index contributed by atoms with van der Waals surface area (Å²) < 4.78 is 6.05. The van der Waals surface area contributed by atoms with Crippen molar-refractivity contribution in [3.8, 4) is 0 Å². The molecule has 0 unspecified atom stereocenters.